The molecule has 4 amide bonds. The number of rotatable bonds is 14. The van der Waals surface area contributed by atoms with E-state index in [1.807, 2.05) is 175 Å². The summed E-state index contributed by atoms with van der Waals surface area (Å²) in [7, 11) is 7.07. The first-order valence-corrected chi connectivity index (χ1v) is 25.8. The summed E-state index contributed by atoms with van der Waals surface area (Å²) in [6.07, 6.45) is 5.98. The van der Waals surface area contributed by atoms with E-state index in [0.717, 1.165) is 88.7 Å². The third-order valence-electron chi connectivity index (χ3n) is 13.4. The van der Waals surface area contributed by atoms with Crippen LogP contribution < -0.4 is 25.4 Å². The number of carbonyl (C=O) groups excluding carboxylic acids is 3. The Balaban J connectivity index is 0.000000226. The fourth-order valence-corrected chi connectivity index (χ4v) is 9.46. The Kier molecular flexibility index (Phi) is 17.3. The summed E-state index contributed by atoms with van der Waals surface area (Å²) >= 11 is 0. The van der Waals surface area contributed by atoms with Gasteiger partial charge in [0, 0.05) is 89.3 Å². The SMILES string of the molecule is COc1c(-c2cnn(C)c2)cc(C(C)NC(=O)c2cc(CN(C(=O)O)C(C)(C)C)ccc2C)c2ccccc12.COc1c(-c2cnn(C)c2)cc(C(C)NC(=O)c2cc(CNC(=O)OC(C)(C)C)ccc2C)c2ccccc12. The molecule has 0 aliphatic heterocycles. The summed E-state index contributed by atoms with van der Waals surface area (Å²) in [5.74, 6) is 1.11. The monoisotopic (exact) mass is 1060 g/mol. The molecule has 2 heterocycles. The van der Waals surface area contributed by atoms with Crippen LogP contribution in [0.2, 0.25) is 0 Å². The highest BCUT2D eigenvalue weighted by molar-refractivity contribution is 6.01. The molecule has 78 heavy (non-hydrogen) atoms. The molecule has 0 saturated carbocycles. The molecule has 8 aromatic rings. The summed E-state index contributed by atoms with van der Waals surface area (Å²) in [6.45, 7) is 19.1. The third kappa shape index (κ3) is 13.3. The zero-order chi connectivity index (χ0) is 56.8. The molecule has 4 N–H and O–H groups in total. The summed E-state index contributed by atoms with van der Waals surface area (Å²) in [6, 6.07) is 30.6. The Morgan fingerprint density at radius 3 is 1.44 bits per heavy atom. The van der Waals surface area contributed by atoms with Crippen molar-refractivity contribution in [2.24, 2.45) is 14.1 Å². The van der Waals surface area contributed by atoms with E-state index in [9.17, 15) is 24.3 Å². The minimum atomic E-state index is -1.00. The molecule has 2 unspecified atom stereocenters. The van der Waals surface area contributed by atoms with Crippen LogP contribution in [0.15, 0.2) is 122 Å². The van der Waals surface area contributed by atoms with E-state index in [2.05, 4.69) is 38.3 Å². The molecule has 2 atom stereocenters. The van der Waals surface area contributed by atoms with Gasteiger partial charge in [-0.15, -0.1) is 0 Å². The Bertz CT molecular complexity index is 3510. The zero-order valence-electron chi connectivity index (χ0n) is 47.2. The van der Waals surface area contributed by atoms with E-state index in [1.54, 1.807) is 42.0 Å². The first kappa shape index (κ1) is 57.1. The van der Waals surface area contributed by atoms with Gasteiger partial charge in [0.25, 0.3) is 11.8 Å². The van der Waals surface area contributed by atoms with Gasteiger partial charge in [-0.2, -0.15) is 10.2 Å². The number of nitrogens with zero attached hydrogens (tertiary/aromatic N) is 5. The number of aromatic nitrogens is 4. The van der Waals surface area contributed by atoms with E-state index >= 15 is 0 Å². The first-order valence-electron chi connectivity index (χ1n) is 25.8. The molecule has 6 aromatic carbocycles. The first-order chi connectivity index (χ1) is 36.9. The summed E-state index contributed by atoms with van der Waals surface area (Å²) in [4.78, 5) is 52.3. The lowest BCUT2D eigenvalue weighted by Gasteiger charge is -2.33. The maximum absolute atomic E-state index is 13.6. The second kappa shape index (κ2) is 23.7. The van der Waals surface area contributed by atoms with Crippen molar-refractivity contribution in [3.8, 4) is 33.8 Å². The van der Waals surface area contributed by atoms with Gasteiger partial charge in [-0.05, 0) is 138 Å². The van der Waals surface area contributed by atoms with E-state index in [4.69, 9.17) is 14.2 Å². The molecule has 16 nitrogen and oxygen atoms in total. The Morgan fingerprint density at radius 2 is 1.05 bits per heavy atom. The van der Waals surface area contributed by atoms with Crippen LogP contribution in [0.4, 0.5) is 9.59 Å². The second-order valence-electron chi connectivity index (χ2n) is 21.6. The van der Waals surface area contributed by atoms with Gasteiger partial charge in [0.1, 0.15) is 17.1 Å². The van der Waals surface area contributed by atoms with E-state index < -0.39 is 23.3 Å². The highest BCUT2D eigenvalue weighted by Crippen LogP contribution is 2.42. The number of carbonyl (C=O) groups is 4. The molecule has 16 heteroatoms. The smallest absolute Gasteiger partial charge is 0.408 e. The van der Waals surface area contributed by atoms with Crippen molar-refractivity contribution in [3.05, 3.63) is 166 Å². The lowest BCUT2D eigenvalue weighted by molar-refractivity contribution is 0.0523. The molecule has 0 bridgehead atoms. The Labute approximate surface area is 456 Å². The topological polar surface area (TPSA) is 191 Å². The van der Waals surface area contributed by atoms with Crippen molar-refractivity contribution in [1.82, 2.24) is 40.4 Å². The highest BCUT2D eigenvalue weighted by atomic mass is 16.6. The Hall–Kier alpha value is -8.66. The number of fused-ring (bicyclic) bond motifs is 2. The van der Waals surface area contributed by atoms with Crippen LogP contribution in [0.5, 0.6) is 11.5 Å². The van der Waals surface area contributed by atoms with Crippen molar-refractivity contribution in [1.29, 1.82) is 0 Å². The van der Waals surface area contributed by atoms with Crippen LogP contribution in [0.3, 0.4) is 0 Å². The van der Waals surface area contributed by atoms with E-state index in [-0.39, 0.29) is 37.0 Å². The quantitative estimate of drug-likeness (QED) is 0.0815. The average Bonchev–Trinajstić information content (AvgIpc) is 4.16. The maximum atomic E-state index is 13.6. The molecule has 0 radical (unpaired) electrons. The standard InChI is InChI=1S/2C31H36N4O4/c1-19-12-13-21(17-35(30(37)38)31(3,4)5)14-25(19)29(36)33-20(2)26-15-27(22-16-32-34(6)18-22)28(39-7)24-11-9-8-10-23(24)26;1-19-12-13-21(16-32-30(37)39-31(3,4)5)14-25(19)29(36)34-20(2)26-15-27(22-17-33-35(6)18-22)28(38-7)24-11-9-8-10-23(24)26/h8-16,18,20H,17H2,1-7H3,(H,33,36)(H,37,38);8-15,17-18,20H,16H2,1-7H3,(H,32,37)(H,34,36). The van der Waals surface area contributed by atoms with E-state index in [1.165, 1.54) is 4.90 Å². The van der Waals surface area contributed by atoms with Crippen molar-refractivity contribution < 1.29 is 38.5 Å². The minimum Gasteiger partial charge on any atom is -0.495 e. The number of nitrogens with one attached hydrogen (secondary N) is 3. The molecule has 0 fully saturated rings. The van der Waals surface area contributed by atoms with Gasteiger partial charge in [0.15, 0.2) is 0 Å². The lowest BCUT2D eigenvalue weighted by Crippen LogP contribution is -2.44. The molecule has 0 spiro atoms. The largest absolute Gasteiger partial charge is 0.495 e. The Morgan fingerprint density at radius 1 is 0.628 bits per heavy atom. The number of hydrogen-bond donors (Lipinski definition) is 4. The van der Waals surface area contributed by atoms with Gasteiger partial charge in [-0.1, -0.05) is 72.8 Å². The highest BCUT2D eigenvalue weighted by Gasteiger charge is 2.28. The zero-order valence-corrected chi connectivity index (χ0v) is 47.2. The summed E-state index contributed by atoms with van der Waals surface area (Å²) in [5, 5.41) is 31.4. The van der Waals surface area contributed by atoms with Gasteiger partial charge >= 0.3 is 12.2 Å². The molecule has 0 aliphatic rings. The van der Waals surface area contributed by atoms with Crippen molar-refractivity contribution >= 4 is 45.5 Å². The van der Waals surface area contributed by atoms with Gasteiger partial charge < -0.3 is 35.3 Å². The molecular weight excluding hydrogens is 985 g/mol. The molecule has 8 rings (SSSR count). The minimum absolute atomic E-state index is 0.187. The number of carboxylic acid groups (broad SMARTS) is 1. The third-order valence-corrected chi connectivity index (χ3v) is 13.4. The second-order valence-corrected chi connectivity index (χ2v) is 21.6. The van der Waals surface area contributed by atoms with Crippen LogP contribution in [0.1, 0.15) is 122 Å². The molecule has 408 valence electrons. The molecule has 0 saturated heterocycles. The summed E-state index contributed by atoms with van der Waals surface area (Å²) < 4.78 is 20.5. The number of aryl methyl sites for hydroxylation is 4. The van der Waals surface area contributed by atoms with Crippen molar-refractivity contribution in [2.45, 2.75) is 106 Å². The normalized spacial score (nSPS) is 12.2. The van der Waals surface area contributed by atoms with Gasteiger partial charge in [-0.3, -0.25) is 23.9 Å². The molecular formula is C62H72N8O8. The fraction of sp³-hybridized carbons (Fsp3) is 0.323. The fourth-order valence-electron chi connectivity index (χ4n) is 9.46. The van der Waals surface area contributed by atoms with E-state index in [0.29, 0.717) is 11.1 Å². The van der Waals surface area contributed by atoms with Gasteiger partial charge in [0.05, 0.1) is 38.7 Å². The van der Waals surface area contributed by atoms with Crippen LogP contribution in [-0.2, 0) is 31.9 Å². The van der Waals surface area contributed by atoms with Crippen LogP contribution >= 0.6 is 0 Å². The maximum Gasteiger partial charge on any atom is 0.408 e. The number of methoxy groups -OCH3 is 2. The van der Waals surface area contributed by atoms with Crippen LogP contribution in [0.25, 0.3) is 43.8 Å². The van der Waals surface area contributed by atoms with Crippen LogP contribution in [0, 0.1) is 13.8 Å². The predicted molar refractivity (Wildman–Crippen MR) is 306 cm³/mol. The van der Waals surface area contributed by atoms with Crippen LogP contribution in [-0.4, -0.2) is 78.9 Å². The predicted octanol–water partition coefficient (Wildman–Crippen LogP) is 12.4. The number of amides is 4. The molecule has 0 aliphatic carbocycles. The summed E-state index contributed by atoms with van der Waals surface area (Å²) in [5.41, 5.74) is 8.72. The number of ether oxygens (including phenoxy) is 3. The molecule has 2 aromatic heterocycles. The average molecular weight is 1060 g/mol. The lowest BCUT2D eigenvalue weighted by atomic mass is 9.93. The number of benzene rings is 6. The number of alkyl carbamates (subject to hydrolysis) is 1. The van der Waals surface area contributed by atoms with Crippen molar-refractivity contribution in [2.75, 3.05) is 14.2 Å². The van der Waals surface area contributed by atoms with Gasteiger partial charge in [-0.25, -0.2) is 9.59 Å². The van der Waals surface area contributed by atoms with Crippen molar-refractivity contribution in [3.63, 3.8) is 0 Å². The number of hydrogen-bond acceptors (Lipinski definition) is 9. The van der Waals surface area contributed by atoms with Gasteiger partial charge in [0.2, 0.25) is 0 Å².